The molecule has 1 fully saturated rings. The molecule has 2 aromatic carbocycles. The van der Waals surface area contributed by atoms with Crippen molar-refractivity contribution in [1.29, 1.82) is 0 Å². The van der Waals surface area contributed by atoms with E-state index in [1.54, 1.807) is 0 Å². The van der Waals surface area contributed by atoms with Crippen LogP contribution in [0.2, 0.25) is 0 Å². The van der Waals surface area contributed by atoms with Gasteiger partial charge in [0.25, 0.3) is 5.91 Å². The van der Waals surface area contributed by atoms with Gasteiger partial charge in [-0.05, 0) is 38.5 Å². The van der Waals surface area contributed by atoms with E-state index in [0.29, 0.717) is 59.1 Å². The lowest BCUT2D eigenvalue weighted by atomic mass is 9.94. The number of aromatic nitrogens is 1. The summed E-state index contributed by atoms with van der Waals surface area (Å²) in [5.74, 6) is -14.5. The van der Waals surface area contributed by atoms with E-state index in [1.807, 2.05) is 13.8 Å². The second kappa shape index (κ2) is 10.3. The number of ether oxygens (including phenoxy) is 2. The standard InChI is InChI=1S/C28H22F5N3O5S/c1-28(2)9-16-24(25(37)35-28)42-27(34-16)36-5-6-39-11-14(36)7-13-10-40-17-4-3-12(8-15(13)17)26(38)41-23-21(32)19(30)18(29)20(31)22(23)33/h3-4,8,10,14H,5-7,9,11H2,1-2H3,(H,35,37)/t14-/m0/s1. The van der Waals surface area contributed by atoms with Gasteiger partial charge in [0.15, 0.2) is 5.13 Å². The molecule has 1 amide bonds. The number of rotatable bonds is 5. The van der Waals surface area contributed by atoms with Gasteiger partial charge >= 0.3 is 5.97 Å². The van der Waals surface area contributed by atoms with Gasteiger partial charge in [-0.25, -0.2) is 22.9 Å². The molecule has 2 aliphatic heterocycles. The van der Waals surface area contributed by atoms with Crippen molar-refractivity contribution in [3.8, 4) is 5.75 Å². The number of furan rings is 1. The zero-order valence-electron chi connectivity index (χ0n) is 22.2. The Labute approximate surface area is 239 Å². The number of thiazole rings is 1. The fourth-order valence-corrected chi connectivity index (χ4v) is 6.18. The Balaban J connectivity index is 1.27. The summed E-state index contributed by atoms with van der Waals surface area (Å²) in [6.45, 7) is 5.19. The molecule has 1 saturated heterocycles. The third kappa shape index (κ3) is 4.87. The number of halogens is 5. The zero-order valence-corrected chi connectivity index (χ0v) is 23.0. The number of nitrogens with zero attached hydrogens (tertiary/aromatic N) is 2. The second-order valence-electron chi connectivity index (χ2n) is 10.7. The first kappa shape index (κ1) is 28.1. The highest BCUT2D eigenvalue weighted by Crippen LogP contribution is 2.35. The Kier molecular flexibility index (Phi) is 6.92. The molecule has 0 radical (unpaired) electrons. The smallest absolute Gasteiger partial charge is 0.343 e. The molecule has 1 N–H and O–H groups in total. The zero-order chi connectivity index (χ0) is 29.9. The number of hydrogen-bond donors (Lipinski definition) is 1. The quantitative estimate of drug-likeness (QED) is 0.108. The molecule has 0 spiro atoms. The topological polar surface area (TPSA) is 93.9 Å². The van der Waals surface area contributed by atoms with Gasteiger partial charge in [0.2, 0.25) is 34.8 Å². The third-order valence-corrected chi connectivity index (χ3v) is 8.27. The van der Waals surface area contributed by atoms with Crippen LogP contribution in [-0.4, -0.2) is 48.2 Å². The van der Waals surface area contributed by atoms with Crippen LogP contribution < -0.4 is 15.0 Å². The van der Waals surface area contributed by atoms with E-state index in [1.165, 1.54) is 35.8 Å². The van der Waals surface area contributed by atoms with Crippen LogP contribution in [0.5, 0.6) is 5.75 Å². The minimum absolute atomic E-state index is 0.166. The molecule has 6 rings (SSSR count). The number of nitrogens with one attached hydrogen (secondary N) is 1. The average molecular weight is 608 g/mol. The summed E-state index contributed by atoms with van der Waals surface area (Å²) in [5.41, 5.74) is 1.18. The summed E-state index contributed by atoms with van der Waals surface area (Å²) < 4.78 is 84.6. The second-order valence-corrected chi connectivity index (χ2v) is 11.7. The maximum atomic E-state index is 14.1. The van der Waals surface area contributed by atoms with Crippen molar-refractivity contribution in [2.45, 2.75) is 38.3 Å². The molecule has 14 heteroatoms. The number of morpholine rings is 1. The molecule has 2 aliphatic rings. The van der Waals surface area contributed by atoms with Crippen LogP contribution in [0, 0.1) is 29.1 Å². The molecular weight excluding hydrogens is 585 g/mol. The monoisotopic (exact) mass is 607 g/mol. The highest BCUT2D eigenvalue weighted by atomic mass is 32.1. The largest absolute Gasteiger partial charge is 0.464 e. The number of carbonyl (C=O) groups excluding carboxylic acids is 2. The van der Waals surface area contributed by atoms with E-state index < -0.39 is 46.3 Å². The Morgan fingerprint density at radius 2 is 1.86 bits per heavy atom. The average Bonchev–Trinajstić information content (AvgIpc) is 3.56. The molecule has 0 bridgehead atoms. The number of carbonyl (C=O) groups is 2. The Hall–Kier alpha value is -4.04. The van der Waals surface area contributed by atoms with E-state index in [9.17, 15) is 31.5 Å². The van der Waals surface area contributed by atoms with E-state index >= 15 is 0 Å². The van der Waals surface area contributed by atoms with Crippen molar-refractivity contribution < 1.29 is 45.4 Å². The number of esters is 1. The van der Waals surface area contributed by atoms with Crippen molar-refractivity contribution >= 4 is 39.3 Å². The van der Waals surface area contributed by atoms with Crippen LogP contribution in [0.25, 0.3) is 11.0 Å². The molecule has 0 aliphatic carbocycles. The molecular formula is C28H22F5N3O5S. The highest BCUT2D eigenvalue weighted by Gasteiger charge is 2.36. The van der Waals surface area contributed by atoms with Crippen molar-refractivity contribution in [3.05, 3.63) is 75.2 Å². The molecule has 42 heavy (non-hydrogen) atoms. The van der Waals surface area contributed by atoms with E-state index in [0.717, 1.165) is 5.69 Å². The highest BCUT2D eigenvalue weighted by molar-refractivity contribution is 7.17. The van der Waals surface area contributed by atoms with Crippen LogP contribution in [0.4, 0.5) is 27.1 Å². The number of anilines is 1. The predicted octanol–water partition coefficient (Wildman–Crippen LogP) is 5.32. The van der Waals surface area contributed by atoms with Crippen molar-refractivity contribution in [2.24, 2.45) is 0 Å². The predicted molar refractivity (Wildman–Crippen MR) is 140 cm³/mol. The molecule has 4 aromatic rings. The molecule has 4 heterocycles. The van der Waals surface area contributed by atoms with Crippen molar-refractivity contribution in [3.63, 3.8) is 0 Å². The summed E-state index contributed by atoms with van der Waals surface area (Å²) in [6, 6.07) is 3.81. The maximum absolute atomic E-state index is 14.1. The van der Waals surface area contributed by atoms with Gasteiger partial charge in [-0.3, -0.25) is 4.79 Å². The van der Waals surface area contributed by atoms with E-state index in [-0.39, 0.29) is 17.5 Å². The SMILES string of the molecule is CC1(C)Cc2nc(N3CCOC[C@@H]3Cc3coc4ccc(C(=O)Oc5c(F)c(F)c(F)c(F)c5F)cc34)sc2C(=O)N1. The van der Waals surface area contributed by atoms with Gasteiger partial charge < -0.3 is 24.1 Å². The van der Waals surface area contributed by atoms with Crippen molar-refractivity contribution in [1.82, 2.24) is 10.3 Å². The molecule has 1 atom stereocenters. The minimum atomic E-state index is -2.36. The Bertz CT molecular complexity index is 1720. The fraction of sp³-hybridized carbons (Fsp3) is 0.321. The van der Waals surface area contributed by atoms with Gasteiger partial charge in [-0.1, -0.05) is 11.3 Å². The first-order chi connectivity index (χ1) is 19.9. The summed E-state index contributed by atoms with van der Waals surface area (Å²) in [4.78, 5) is 32.8. The van der Waals surface area contributed by atoms with Crippen LogP contribution in [0.15, 0.2) is 28.9 Å². The first-order valence-electron chi connectivity index (χ1n) is 12.8. The molecule has 2 aromatic heterocycles. The van der Waals surface area contributed by atoms with Gasteiger partial charge in [0.05, 0.1) is 36.8 Å². The van der Waals surface area contributed by atoms with Crippen LogP contribution >= 0.6 is 11.3 Å². The Morgan fingerprint density at radius 1 is 1.14 bits per heavy atom. The summed E-state index contributed by atoms with van der Waals surface area (Å²) in [5, 5.41) is 4.14. The lowest BCUT2D eigenvalue weighted by Crippen LogP contribution is -2.48. The summed E-state index contributed by atoms with van der Waals surface area (Å²) >= 11 is 1.31. The number of benzene rings is 2. The lowest BCUT2D eigenvalue weighted by molar-refractivity contribution is 0.0715. The normalized spacial score (nSPS) is 18.2. The lowest BCUT2D eigenvalue weighted by Gasteiger charge is -2.35. The summed E-state index contributed by atoms with van der Waals surface area (Å²) in [7, 11) is 0. The van der Waals surface area contributed by atoms with Gasteiger partial charge in [-0.15, -0.1) is 0 Å². The van der Waals surface area contributed by atoms with Gasteiger partial charge in [0, 0.05) is 29.5 Å². The first-order valence-corrected chi connectivity index (χ1v) is 13.7. The number of amides is 1. The fourth-order valence-electron chi connectivity index (χ4n) is 5.11. The Morgan fingerprint density at radius 3 is 2.60 bits per heavy atom. The van der Waals surface area contributed by atoms with Crippen molar-refractivity contribution in [2.75, 3.05) is 24.7 Å². The number of fused-ring (bicyclic) bond motifs is 2. The van der Waals surface area contributed by atoms with Gasteiger partial charge in [0.1, 0.15) is 10.5 Å². The maximum Gasteiger partial charge on any atom is 0.343 e. The molecule has 0 unspecified atom stereocenters. The van der Waals surface area contributed by atoms with Crippen LogP contribution in [-0.2, 0) is 17.6 Å². The summed E-state index contributed by atoms with van der Waals surface area (Å²) in [6.07, 6.45) is 2.47. The molecule has 8 nitrogen and oxygen atoms in total. The van der Waals surface area contributed by atoms with E-state index in [2.05, 4.69) is 15.0 Å². The number of hydrogen-bond acceptors (Lipinski definition) is 8. The van der Waals surface area contributed by atoms with Crippen LogP contribution in [0.1, 0.15) is 45.1 Å². The minimum Gasteiger partial charge on any atom is -0.464 e. The third-order valence-electron chi connectivity index (χ3n) is 7.14. The van der Waals surface area contributed by atoms with Crippen LogP contribution in [0.3, 0.4) is 0 Å². The van der Waals surface area contributed by atoms with E-state index in [4.69, 9.17) is 14.1 Å². The molecule has 220 valence electrons. The molecule has 0 saturated carbocycles. The van der Waals surface area contributed by atoms with Gasteiger partial charge in [-0.2, -0.15) is 8.78 Å².